The summed E-state index contributed by atoms with van der Waals surface area (Å²) in [6, 6.07) is 0. The van der Waals surface area contributed by atoms with Gasteiger partial charge in [-0.15, -0.1) is 0 Å². The zero-order valence-electron chi connectivity index (χ0n) is 16.2. The molecule has 0 amide bonds. The summed E-state index contributed by atoms with van der Waals surface area (Å²) in [5, 5.41) is 0. The molecule has 0 aromatic heterocycles. The van der Waals surface area contributed by atoms with Crippen LogP contribution in [-0.4, -0.2) is 24.8 Å². The molecule has 6 atom stereocenters. The van der Waals surface area contributed by atoms with Gasteiger partial charge in [0.05, 0.1) is 13.2 Å². The van der Waals surface area contributed by atoms with E-state index in [1.165, 1.54) is 25.7 Å². The van der Waals surface area contributed by atoms with Gasteiger partial charge in [-0.05, 0) is 67.1 Å². The van der Waals surface area contributed by atoms with Gasteiger partial charge in [-0.1, -0.05) is 20.8 Å². The first-order valence-electron chi connectivity index (χ1n) is 10.6. The number of hydrogen-bond donors (Lipinski definition) is 0. The largest absolute Gasteiger partial charge is 0.348 e. The molecule has 1 saturated heterocycles. The Labute approximate surface area is 152 Å². The number of ether oxygens (including phenoxy) is 2. The van der Waals surface area contributed by atoms with E-state index >= 15 is 0 Å². The van der Waals surface area contributed by atoms with Crippen LogP contribution < -0.4 is 0 Å². The lowest BCUT2D eigenvalue weighted by Gasteiger charge is -2.65. The highest BCUT2D eigenvalue weighted by atomic mass is 16.7. The van der Waals surface area contributed by atoms with E-state index in [1.807, 2.05) is 0 Å². The van der Waals surface area contributed by atoms with E-state index in [2.05, 4.69) is 20.8 Å². The fraction of sp³-hybridized carbons (Fsp3) is 0.955. The molecule has 5 fully saturated rings. The Morgan fingerprint density at radius 3 is 2.40 bits per heavy atom. The number of carbonyl (C=O) groups excluding carboxylic acids is 1. The number of fused-ring (bicyclic) bond motifs is 5. The second kappa shape index (κ2) is 5.10. The minimum atomic E-state index is -0.284. The third kappa shape index (κ3) is 2.03. The van der Waals surface area contributed by atoms with Crippen LogP contribution in [0.15, 0.2) is 0 Å². The minimum Gasteiger partial charge on any atom is -0.348 e. The Morgan fingerprint density at radius 2 is 1.64 bits per heavy atom. The van der Waals surface area contributed by atoms with Gasteiger partial charge in [-0.3, -0.25) is 4.79 Å². The Hall–Kier alpha value is -0.410. The summed E-state index contributed by atoms with van der Waals surface area (Å²) in [7, 11) is 0. The fourth-order valence-corrected chi connectivity index (χ4v) is 8.12. The Balaban J connectivity index is 1.46. The van der Waals surface area contributed by atoms with E-state index in [0.29, 0.717) is 22.5 Å². The van der Waals surface area contributed by atoms with Crippen molar-refractivity contribution in [1.29, 1.82) is 0 Å². The number of hydrogen-bond acceptors (Lipinski definition) is 3. The minimum absolute atomic E-state index is 0.00116. The first kappa shape index (κ1) is 16.7. The molecule has 0 N–H and O–H groups in total. The zero-order valence-corrected chi connectivity index (χ0v) is 16.2. The molecule has 140 valence electrons. The summed E-state index contributed by atoms with van der Waals surface area (Å²) in [6.07, 6.45) is 10.3. The normalized spacial score (nSPS) is 54.2. The van der Waals surface area contributed by atoms with Gasteiger partial charge in [0.15, 0.2) is 5.79 Å². The number of ketones is 1. The number of carbonyl (C=O) groups is 1. The van der Waals surface area contributed by atoms with Crippen molar-refractivity contribution in [2.45, 2.75) is 84.3 Å². The van der Waals surface area contributed by atoms with Crippen molar-refractivity contribution in [2.24, 2.45) is 34.0 Å². The van der Waals surface area contributed by atoms with Crippen molar-refractivity contribution in [3.63, 3.8) is 0 Å². The topological polar surface area (TPSA) is 35.5 Å². The smallest absolute Gasteiger partial charge is 0.169 e. The number of rotatable bonds is 0. The molecule has 0 radical (unpaired) electrons. The standard InChI is InChI=1S/C22H34O3/c1-19-8-6-15-16-4-5-18(23)20(16,2)9-7-17(15)21(19,3)10-11-22(14-19)24-12-13-25-22/h15-17H,4-14H2,1-3H3/t15-,16+,17-,19-,20+,21-/m0/s1. The maximum atomic E-state index is 12.6. The third-order valence-electron chi connectivity index (χ3n) is 9.87. The molecule has 1 heterocycles. The molecule has 4 aliphatic carbocycles. The highest BCUT2D eigenvalue weighted by Crippen LogP contribution is 2.70. The van der Waals surface area contributed by atoms with E-state index in [1.54, 1.807) is 0 Å². The average Bonchev–Trinajstić information content (AvgIpc) is 3.14. The molecule has 4 saturated carbocycles. The fourth-order valence-electron chi connectivity index (χ4n) is 8.12. The lowest BCUT2D eigenvalue weighted by Crippen LogP contribution is -2.60. The molecule has 0 aromatic carbocycles. The van der Waals surface area contributed by atoms with Gasteiger partial charge in [0.25, 0.3) is 0 Å². The maximum absolute atomic E-state index is 12.6. The lowest BCUT2D eigenvalue weighted by molar-refractivity contribution is -0.256. The predicted octanol–water partition coefficient (Wildman–Crippen LogP) is 4.73. The molecule has 5 aliphatic rings. The molecule has 3 heteroatoms. The summed E-state index contributed by atoms with van der Waals surface area (Å²) in [5.74, 6) is 2.48. The van der Waals surface area contributed by atoms with E-state index < -0.39 is 0 Å². The van der Waals surface area contributed by atoms with Crippen LogP contribution >= 0.6 is 0 Å². The molecule has 3 nitrogen and oxygen atoms in total. The Kier molecular flexibility index (Phi) is 3.41. The van der Waals surface area contributed by atoms with Crippen LogP contribution in [-0.2, 0) is 14.3 Å². The molecule has 0 bridgehead atoms. The van der Waals surface area contributed by atoms with Crippen LogP contribution in [0.1, 0.15) is 78.6 Å². The van der Waals surface area contributed by atoms with E-state index in [-0.39, 0.29) is 11.2 Å². The lowest BCUT2D eigenvalue weighted by atomic mass is 9.40. The second-order valence-corrected chi connectivity index (χ2v) is 10.6. The van der Waals surface area contributed by atoms with Crippen LogP contribution in [0.5, 0.6) is 0 Å². The van der Waals surface area contributed by atoms with Crippen LogP contribution in [0.4, 0.5) is 0 Å². The molecule has 1 aliphatic heterocycles. The molecule has 5 rings (SSSR count). The van der Waals surface area contributed by atoms with Crippen molar-refractivity contribution in [2.75, 3.05) is 13.2 Å². The van der Waals surface area contributed by atoms with Crippen LogP contribution in [0.2, 0.25) is 0 Å². The van der Waals surface area contributed by atoms with Gasteiger partial charge in [0.2, 0.25) is 0 Å². The van der Waals surface area contributed by atoms with Crippen molar-refractivity contribution in [1.82, 2.24) is 0 Å². The third-order valence-corrected chi connectivity index (χ3v) is 9.87. The van der Waals surface area contributed by atoms with Gasteiger partial charge in [-0.25, -0.2) is 0 Å². The van der Waals surface area contributed by atoms with Crippen molar-refractivity contribution >= 4 is 5.78 Å². The SMILES string of the molecule is C[C@@]12CC[C@H]3[C@H]4CCC(=O)[C@]4(C)CC[C@@H]3[C@]1(C)CCC1(C2)OCCO1. The molecule has 1 spiro atoms. The Morgan fingerprint density at radius 1 is 0.880 bits per heavy atom. The average molecular weight is 347 g/mol. The van der Waals surface area contributed by atoms with Crippen molar-refractivity contribution in [3.05, 3.63) is 0 Å². The summed E-state index contributed by atoms with van der Waals surface area (Å²) >= 11 is 0. The first-order valence-corrected chi connectivity index (χ1v) is 10.6. The predicted molar refractivity (Wildman–Crippen MR) is 96.0 cm³/mol. The van der Waals surface area contributed by atoms with Gasteiger partial charge in [-0.2, -0.15) is 0 Å². The summed E-state index contributed by atoms with van der Waals surface area (Å²) < 4.78 is 12.2. The van der Waals surface area contributed by atoms with E-state index in [9.17, 15) is 4.79 Å². The van der Waals surface area contributed by atoms with Gasteiger partial charge in [0, 0.05) is 24.7 Å². The molecular formula is C22H34O3. The van der Waals surface area contributed by atoms with E-state index in [0.717, 1.165) is 57.2 Å². The van der Waals surface area contributed by atoms with E-state index in [4.69, 9.17) is 9.47 Å². The molecule has 25 heavy (non-hydrogen) atoms. The van der Waals surface area contributed by atoms with Gasteiger partial charge in [0.1, 0.15) is 5.78 Å². The van der Waals surface area contributed by atoms with Gasteiger partial charge >= 0.3 is 0 Å². The van der Waals surface area contributed by atoms with Crippen molar-refractivity contribution < 1.29 is 14.3 Å². The maximum Gasteiger partial charge on any atom is 0.169 e. The molecule has 0 unspecified atom stereocenters. The van der Waals surface area contributed by atoms with Crippen molar-refractivity contribution in [3.8, 4) is 0 Å². The monoisotopic (exact) mass is 346 g/mol. The van der Waals surface area contributed by atoms with Crippen LogP contribution in [0, 0.1) is 34.0 Å². The Bertz CT molecular complexity index is 594. The second-order valence-electron chi connectivity index (χ2n) is 10.6. The molecule has 0 aromatic rings. The summed E-state index contributed by atoms with van der Waals surface area (Å²) in [5.41, 5.74) is 0.690. The van der Waals surface area contributed by atoms with Gasteiger partial charge < -0.3 is 9.47 Å². The van der Waals surface area contributed by atoms with Crippen LogP contribution in [0.3, 0.4) is 0 Å². The highest BCUT2D eigenvalue weighted by molar-refractivity contribution is 5.87. The van der Waals surface area contributed by atoms with Crippen LogP contribution in [0.25, 0.3) is 0 Å². The number of Topliss-reactive ketones (excluding diaryl/α,β-unsaturated/α-hetero) is 1. The zero-order chi connectivity index (χ0) is 17.5. The summed E-state index contributed by atoms with van der Waals surface area (Å²) in [4.78, 5) is 12.6. The first-order chi connectivity index (χ1) is 11.8. The molecular weight excluding hydrogens is 312 g/mol. The summed E-state index contributed by atoms with van der Waals surface area (Å²) in [6.45, 7) is 8.91. The highest BCUT2D eigenvalue weighted by Gasteiger charge is 2.65. The quantitative estimate of drug-likeness (QED) is 0.636.